The number of hydrogen-bond acceptors (Lipinski definition) is 8. The number of aryl methyl sites for hydroxylation is 1. The van der Waals surface area contributed by atoms with E-state index in [2.05, 4.69) is 32.5 Å². The summed E-state index contributed by atoms with van der Waals surface area (Å²) in [4.78, 5) is 14.1. The van der Waals surface area contributed by atoms with Gasteiger partial charge in [-0.3, -0.25) is 4.90 Å². The first kappa shape index (κ1) is 30.1. The van der Waals surface area contributed by atoms with Gasteiger partial charge in [-0.2, -0.15) is 0 Å². The van der Waals surface area contributed by atoms with Crippen molar-refractivity contribution in [3.05, 3.63) is 59.1 Å². The molecule has 3 fully saturated rings. The molecule has 1 spiro atoms. The molecule has 2 aromatic carbocycles. The number of nitrogens with zero attached hydrogens (tertiary/aromatic N) is 4. The van der Waals surface area contributed by atoms with Crippen molar-refractivity contribution in [2.75, 3.05) is 57.0 Å². The summed E-state index contributed by atoms with van der Waals surface area (Å²) in [6.07, 6.45) is 10.3. The molecular weight excluding hydrogens is 567 g/mol. The molecule has 8 nitrogen and oxygen atoms in total. The Morgan fingerprint density at radius 3 is 2.70 bits per heavy atom. The lowest BCUT2D eigenvalue weighted by molar-refractivity contribution is 0.175. The fourth-order valence-electron chi connectivity index (χ4n) is 6.53. The fourth-order valence-corrected chi connectivity index (χ4v) is 6.71. The maximum atomic E-state index is 13.8. The zero-order valence-corrected chi connectivity index (χ0v) is 25.8. The largest absolute Gasteiger partial charge is 0.491 e. The summed E-state index contributed by atoms with van der Waals surface area (Å²) in [6, 6.07) is 8.30. The molecule has 10 heteroatoms. The molecule has 3 N–H and O–H groups in total. The summed E-state index contributed by atoms with van der Waals surface area (Å²) in [5.41, 5.74) is 2.38. The lowest BCUT2D eigenvalue weighted by Gasteiger charge is -2.30. The van der Waals surface area contributed by atoms with Crippen LogP contribution in [0.2, 0.25) is 5.02 Å². The first-order valence-electron chi connectivity index (χ1n) is 15.5. The van der Waals surface area contributed by atoms with Gasteiger partial charge in [0, 0.05) is 23.7 Å². The maximum Gasteiger partial charge on any atom is 0.144 e. The van der Waals surface area contributed by atoms with E-state index < -0.39 is 12.0 Å². The van der Waals surface area contributed by atoms with Crippen LogP contribution in [0.1, 0.15) is 44.3 Å². The molecule has 2 unspecified atom stereocenters. The van der Waals surface area contributed by atoms with Gasteiger partial charge < -0.3 is 25.4 Å². The van der Waals surface area contributed by atoms with Gasteiger partial charge in [0.25, 0.3) is 0 Å². The van der Waals surface area contributed by atoms with Crippen molar-refractivity contribution in [2.45, 2.75) is 51.7 Å². The topological polar surface area (TPSA) is 85.8 Å². The highest BCUT2D eigenvalue weighted by Crippen LogP contribution is 2.59. The third kappa shape index (κ3) is 7.23. The van der Waals surface area contributed by atoms with Crippen LogP contribution in [0, 0.1) is 24.1 Å². The SMILES string of the molecule is Cc1nc(Nc2ccc(F)c(Cl)c2)c2cc(NC(O)/C=C/CN3CCCCC3)c(OCC3CC34CCN(C)CC4)cc2n1. The number of aliphatic hydroxyl groups excluding tert-OH is 1. The number of likely N-dealkylation sites (tertiary alicyclic amines) is 2. The van der Waals surface area contributed by atoms with Crippen LogP contribution in [0.5, 0.6) is 5.75 Å². The first-order chi connectivity index (χ1) is 20.8. The number of halogens is 2. The van der Waals surface area contributed by atoms with Gasteiger partial charge in [-0.05, 0) is 114 Å². The number of rotatable bonds is 10. The number of ether oxygens (including phenoxy) is 1. The fraction of sp³-hybridized carbons (Fsp3) is 0.515. The lowest BCUT2D eigenvalue weighted by atomic mass is 9.91. The number of anilines is 3. The Labute approximate surface area is 258 Å². The monoisotopic (exact) mass is 608 g/mol. The van der Waals surface area contributed by atoms with Crippen LogP contribution < -0.4 is 15.4 Å². The highest BCUT2D eigenvalue weighted by atomic mass is 35.5. The lowest BCUT2D eigenvalue weighted by Crippen LogP contribution is -2.32. The standard InChI is InChI=1S/C33H42ClFN6O2/c1-22-36-28-19-30(43-21-23-20-33(23)10-15-40(2)16-11-33)29(39-31(42)7-6-14-41-12-4-3-5-13-41)18-25(28)32(37-22)38-24-8-9-27(35)26(34)17-24/h6-9,17-19,23,31,39,42H,3-5,10-16,20-21H2,1-2H3,(H,36,37,38)/b7-6+. The summed E-state index contributed by atoms with van der Waals surface area (Å²) in [5, 5.41) is 18.3. The van der Waals surface area contributed by atoms with Crippen molar-refractivity contribution in [3.63, 3.8) is 0 Å². The number of aromatic nitrogens is 2. The van der Waals surface area contributed by atoms with Crippen molar-refractivity contribution < 1.29 is 14.2 Å². The van der Waals surface area contributed by atoms with Gasteiger partial charge in [0.2, 0.25) is 0 Å². The second kappa shape index (κ2) is 12.9. The molecule has 6 rings (SSSR count). The van der Waals surface area contributed by atoms with Crippen molar-refractivity contribution in [2.24, 2.45) is 11.3 Å². The van der Waals surface area contributed by atoms with E-state index in [0.717, 1.165) is 38.1 Å². The van der Waals surface area contributed by atoms with Gasteiger partial charge in [-0.1, -0.05) is 24.1 Å². The third-order valence-electron chi connectivity index (χ3n) is 9.31. The Morgan fingerprint density at radius 2 is 1.93 bits per heavy atom. The van der Waals surface area contributed by atoms with E-state index >= 15 is 0 Å². The number of aliphatic hydroxyl groups is 1. The van der Waals surface area contributed by atoms with Crippen LogP contribution >= 0.6 is 11.6 Å². The summed E-state index contributed by atoms with van der Waals surface area (Å²) in [6.45, 7) is 7.77. The second-order valence-corrected chi connectivity index (χ2v) is 12.9. The molecular formula is C33H42ClFN6O2. The van der Waals surface area contributed by atoms with E-state index in [1.54, 1.807) is 12.1 Å². The van der Waals surface area contributed by atoms with Crippen LogP contribution in [0.15, 0.2) is 42.5 Å². The smallest absolute Gasteiger partial charge is 0.144 e. The molecule has 3 heterocycles. The van der Waals surface area contributed by atoms with Crippen LogP contribution in [0.3, 0.4) is 0 Å². The normalized spacial score (nSPS) is 21.4. The van der Waals surface area contributed by atoms with Crippen molar-refractivity contribution >= 4 is 39.7 Å². The molecule has 2 atom stereocenters. The number of hydrogen-bond donors (Lipinski definition) is 3. The van der Waals surface area contributed by atoms with Crippen LogP contribution in [-0.2, 0) is 0 Å². The van der Waals surface area contributed by atoms with E-state index in [0.29, 0.717) is 52.2 Å². The van der Waals surface area contributed by atoms with E-state index in [4.69, 9.17) is 21.3 Å². The Balaban J connectivity index is 1.25. The Kier molecular flexibility index (Phi) is 9.05. The van der Waals surface area contributed by atoms with Crippen molar-refractivity contribution in [3.8, 4) is 5.75 Å². The van der Waals surface area contributed by atoms with Crippen LogP contribution in [0.25, 0.3) is 10.9 Å². The summed E-state index contributed by atoms with van der Waals surface area (Å²) in [5.74, 6) is 1.85. The molecule has 1 aliphatic carbocycles. The predicted molar refractivity (Wildman–Crippen MR) is 171 cm³/mol. The van der Waals surface area contributed by atoms with Crippen molar-refractivity contribution in [1.29, 1.82) is 0 Å². The van der Waals surface area contributed by atoms with E-state index in [1.165, 1.54) is 50.7 Å². The minimum atomic E-state index is -0.899. The molecule has 0 radical (unpaired) electrons. The highest BCUT2D eigenvalue weighted by Gasteiger charge is 2.54. The minimum Gasteiger partial charge on any atom is -0.491 e. The van der Waals surface area contributed by atoms with E-state index in [-0.39, 0.29) is 5.02 Å². The van der Waals surface area contributed by atoms with E-state index in [9.17, 15) is 9.50 Å². The maximum absolute atomic E-state index is 13.8. The molecule has 1 saturated carbocycles. The first-order valence-corrected chi connectivity index (χ1v) is 15.9. The Bertz CT molecular complexity index is 1470. The third-order valence-corrected chi connectivity index (χ3v) is 9.60. The molecule has 43 heavy (non-hydrogen) atoms. The minimum absolute atomic E-state index is 0.0278. The highest BCUT2D eigenvalue weighted by molar-refractivity contribution is 6.31. The van der Waals surface area contributed by atoms with Crippen LogP contribution in [-0.4, -0.2) is 77.5 Å². The molecule has 2 aliphatic heterocycles. The quantitative estimate of drug-likeness (QED) is 0.181. The van der Waals surface area contributed by atoms with Gasteiger partial charge in [0.1, 0.15) is 29.4 Å². The van der Waals surface area contributed by atoms with E-state index in [1.807, 2.05) is 25.1 Å². The Hall–Kier alpha value is -2.98. The molecule has 2 saturated heterocycles. The molecule has 3 aliphatic rings. The zero-order chi connectivity index (χ0) is 30.0. The average Bonchev–Trinajstić information content (AvgIpc) is 3.67. The number of nitrogens with one attached hydrogen (secondary N) is 2. The summed E-state index contributed by atoms with van der Waals surface area (Å²) in [7, 11) is 2.19. The second-order valence-electron chi connectivity index (χ2n) is 12.5. The predicted octanol–water partition coefficient (Wildman–Crippen LogP) is 6.36. The van der Waals surface area contributed by atoms with Gasteiger partial charge in [-0.15, -0.1) is 0 Å². The number of piperidine rings is 2. The van der Waals surface area contributed by atoms with Crippen molar-refractivity contribution in [1.82, 2.24) is 19.8 Å². The molecule has 3 aromatic rings. The van der Waals surface area contributed by atoms with Gasteiger partial charge >= 0.3 is 0 Å². The molecule has 230 valence electrons. The summed E-state index contributed by atoms with van der Waals surface area (Å²) < 4.78 is 20.3. The van der Waals surface area contributed by atoms with Gasteiger partial charge in [-0.25, -0.2) is 14.4 Å². The zero-order valence-electron chi connectivity index (χ0n) is 25.1. The Morgan fingerprint density at radius 1 is 1.14 bits per heavy atom. The molecule has 0 amide bonds. The number of fused-ring (bicyclic) bond motifs is 1. The number of benzene rings is 2. The molecule has 0 bridgehead atoms. The summed E-state index contributed by atoms with van der Waals surface area (Å²) >= 11 is 6.04. The van der Waals surface area contributed by atoms with Gasteiger partial charge in [0.05, 0.1) is 22.8 Å². The average molecular weight is 609 g/mol. The van der Waals surface area contributed by atoms with Gasteiger partial charge in [0.15, 0.2) is 0 Å². The van der Waals surface area contributed by atoms with Crippen LogP contribution in [0.4, 0.5) is 21.6 Å². The molecule has 1 aromatic heterocycles.